The Balaban J connectivity index is 2.77. The minimum atomic E-state index is -0.821. The number of carbonyl (C=O) groups is 1. The third-order valence-electron chi connectivity index (χ3n) is 3.08. The van der Waals surface area contributed by atoms with Crippen molar-refractivity contribution in [3.05, 3.63) is 34.9 Å². The number of aryl methyl sites for hydroxylation is 1. The molecule has 0 saturated heterocycles. The highest BCUT2D eigenvalue weighted by molar-refractivity contribution is 5.72. The van der Waals surface area contributed by atoms with Gasteiger partial charge in [0.1, 0.15) is 6.04 Å². The largest absolute Gasteiger partial charge is 0.480 e. The quantitative estimate of drug-likeness (QED) is 0.862. The van der Waals surface area contributed by atoms with Gasteiger partial charge in [-0.15, -0.1) is 0 Å². The minimum Gasteiger partial charge on any atom is -0.480 e. The second-order valence-electron chi connectivity index (χ2n) is 5.84. The summed E-state index contributed by atoms with van der Waals surface area (Å²) in [6, 6.07) is 5.81. The molecule has 0 aromatic heterocycles. The molecule has 0 aliphatic rings. The average Bonchev–Trinajstić information content (AvgIpc) is 2.23. The minimum absolute atomic E-state index is 0.143. The molecule has 18 heavy (non-hydrogen) atoms. The standard InChI is InChI=1S/C15H23NO2/c1-10-8-12(9-16-11(2)14(17)18)6-7-13(10)15(3,4)5/h6-8,11,16H,9H2,1-5H3,(H,17,18)/t11-/m1/s1. The molecular formula is C15H23NO2. The van der Waals surface area contributed by atoms with Crippen LogP contribution in [0.25, 0.3) is 0 Å². The highest BCUT2D eigenvalue weighted by Gasteiger charge is 2.16. The number of hydrogen-bond donors (Lipinski definition) is 2. The first-order valence-corrected chi connectivity index (χ1v) is 6.28. The van der Waals surface area contributed by atoms with Crippen molar-refractivity contribution in [3.8, 4) is 0 Å². The maximum Gasteiger partial charge on any atom is 0.320 e. The summed E-state index contributed by atoms with van der Waals surface area (Å²) in [5.74, 6) is -0.821. The summed E-state index contributed by atoms with van der Waals surface area (Å²) in [6.45, 7) is 10.9. The zero-order chi connectivity index (χ0) is 13.9. The molecule has 0 radical (unpaired) electrons. The Labute approximate surface area is 109 Å². The molecule has 1 atom stereocenters. The molecule has 3 heteroatoms. The summed E-state index contributed by atoms with van der Waals surface area (Å²) in [5.41, 5.74) is 3.85. The van der Waals surface area contributed by atoms with Crippen LogP contribution < -0.4 is 5.32 Å². The SMILES string of the molecule is Cc1cc(CN[C@H](C)C(=O)O)ccc1C(C)(C)C. The highest BCUT2D eigenvalue weighted by atomic mass is 16.4. The van der Waals surface area contributed by atoms with Gasteiger partial charge in [-0.1, -0.05) is 39.0 Å². The maximum atomic E-state index is 10.7. The molecule has 0 unspecified atom stereocenters. The first kappa shape index (κ1) is 14.7. The van der Waals surface area contributed by atoms with Crippen LogP contribution in [-0.2, 0) is 16.8 Å². The van der Waals surface area contributed by atoms with Crippen LogP contribution in [0.1, 0.15) is 44.4 Å². The highest BCUT2D eigenvalue weighted by Crippen LogP contribution is 2.26. The molecule has 0 aliphatic carbocycles. The summed E-state index contributed by atoms with van der Waals surface area (Å²) in [7, 11) is 0. The lowest BCUT2D eigenvalue weighted by atomic mass is 9.83. The molecule has 0 saturated carbocycles. The van der Waals surface area contributed by atoms with Crippen LogP contribution in [0.4, 0.5) is 0 Å². The zero-order valence-electron chi connectivity index (χ0n) is 11.9. The van der Waals surface area contributed by atoms with Gasteiger partial charge in [0.25, 0.3) is 0 Å². The Morgan fingerprint density at radius 1 is 1.39 bits per heavy atom. The van der Waals surface area contributed by atoms with E-state index >= 15 is 0 Å². The van der Waals surface area contributed by atoms with Crippen molar-refractivity contribution in [2.75, 3.05) is 0 Å². The van der Waals surface area contributed by atoms with Crippen LogP contribution in [-0.4, -0.2) is 17.1 Å². The smallest absolute Gasteiger partial charge is 0.320 e. The van der Waals surface area contributed by atoms with E-state index in [1.165, 1.54) is 11.1 Å². The van der Waals surface area contributed by atoms with Gasteiger partial charge in [0.15, 0.2) is 0 Å². The van der Waals surface area contributed by atoms with E-state index in [1.54, 1.807) is 6.92 Å². The van der Waals surface area contributed by atoms with E-state index in [-0.39, 0.29) is 5.41 Å². The van der Waals surface area contributed by atoms with Gasteiger partial charge in [-0.05, 0) is 36.0 Å². The molecule has 0 fully saturated rings. The van der Waals surface area contributed by atoms with Crippen molar-refractivity contribution >= 4 is 5.97 Å². The molecule has 0 aliphatic heterocycles. The fraction of sp³-hybridized carbons (Fsp3) is 0.533. The van der Waals surface area contributed by atoms with Gasteiger partial charge < -0.3 is 10.4 Å². The second kappa shape index (κ2) is 5.53. The maximum absolute atomic E-state index is 10.7. The lowest BCUT2D eigenvalue weighted by Crippen LogP contribution is -2.33. The van der Waals surface area contributed by atoms with Crippen molar-refractivity contribution in [1.82, 2.24) is 5.32 Å². The lowest BCUT2D eigenvalue weighted by Gasteiger charge is -2.22. The van der Waals surface area contributed by atoms with Crippen molar-refractivity contribution in [2.24, 2.45) is 0 Å². The molecule has 3 nitrogen and oxygen atoms in total. The Morgan fingerprint density at radius 2 is 2.00 bits per heavy atom. The number of carboxylic acids is 1. The van der Waals surface area contributed by atoms with E-state index in [0.29, 0.717) is 6.54 Å². The Morgan fingerprint density at radius 3 is 2.44 bits per heavy atom. The molecule has 1 aromatic carbocycles. The van der Waals surface area contributed by atoms with Crippen molar-refractivity contribution in [2.45, 2.75) is 52.6 Å². The first-order chi connectivity index (χ1) is 8.21. The summed E-state index contributed by atoms with van der Waals surface area (Å²) in [4.78, 5) is 10.7. The molecular weight excluding hydrogens is 226 g/mol. The fourth-order valence-electron chi connectivity index (χ4n) is 2.04. The van der Waals surface area contributed by atoms with Crippen LogP contribution in [0, 0.1) is 6.92 Å². The van der Waals surface area contributed by atoms with Crippen LogP contribution >= 0.6 is 0 Å². The zero-order valence-corrected chi connectivity index (χ0v) is 11.9. The monoisotopic (exact) mass is 249 g/mol. The Kier molecular flexibility index (Phi) is 4.52. The molecule has 0 amide bonds. The third-order valence-corrected chi connectivity index (χ3v) is 3.08. The van der Waals surface area contributed by atoms with Crippen molar-refractivity contribution in [1.29, 1.82) is 0 Å². The average molecular weight is 249 g/mol. The van der Waals surface area contributed by atoms with Crippen LogP contribution in [0.3, 0.4) is 0 Å². The molecule has 2 N–H and O–H groups in total. The summed E-state index contributed by atoms with van der Waals surface area (Å²) in [6.07, 6.45) is 0. The number of nitrogens with one attached hydrogen (secondary N) is 1. The summed E-state index contributed by atoms with van der Waals surface area (Å²) >= 11 is 0. The van der Waals surface area contributed by atoms with E-state index in [0.717, 1.165) is 5.56 Å². The number of benzene rings is 1. The molecule has 0 heterocycles. The summed E-state index contributed by atoms with van der Waals surface area (Å²) < 4.78 is 0. The molecule has 100 valence electrons. The molecule has 0 spiro atoms. The third kappa shape index (κ3) is 3.84. The number of rotatable bonds is 4. The predicted molar refractivity (Wildman–Crippen MR) is 73.8 cm³/mol. The van der Waals surface area contributed by atoms with Gasteiger partial charge in [-0.25, -0.2) is 0 Å². The molecule has 1 rings (SSSR count). The van der Waals surface area contributed by atoms with E-state index < -0.39 is 12.0 Å². The van der Waals surface area contributed by atoms with Crippen LogP contribution in [0.5, 0.6) is 0 Å². The lowest BCUT2D eigenvalue weighted by molar-refractivity contribution is -0.139. The first-order valence-electron chi connectivity index (χ1n) is 6.28. The van der Waals surface area contributed by atoms with E-state index in [4.69, 9.17) is 5.11 Å². The normalized spacial score (nSPS) is 13.4. The molecule has 1 aromatic rings. The topological polar surface area (TPSA) is 49.3 Å². The van der Waals surface area contributed by atoms with Crippen LogP contribution in [0.15, 0.2) is 18.2 Å². The van der Waals surface area contributed by atoms with Gasteiger partial charge in [0, 0.05) is 6.54 Å². The predicted octanol–water partition coefficient (Wildman–Crippen LogP) is 2.86. The Hall–Kier alpha value is -1.35. The van der Waals surface area contributed by atoms with E-state index in [9.17, 15) is 4.79 Å². The van der Waals surface area contributed by atoms with E-state index in [1.807, 2.05) is 0 Å². The van der Waals surface area contributed by atoms with E-state index in [2.05, 4.69) is 51.2 Å². The van der Waals surface area contributed by atoms with Gasteiger partial charge >= 0.3 is 5.97 Å². The van der Waals surface area contributed by atoms with Gasteiger partial charge in [-0.3, -0.25) is 4.79 Å². The van der Waals surface area contributed by atoms with Crippen molar-refractivity contribution < 1.29 is 9.90 Å². The second-order valence-corrected chi connectivity index (χ2v) is 5.84. The van der Waals surface area contributed by atoms with Crippen molar-refractivity contribution in [3.63, 3.8) is 0 Å². The van der Waals surface area contributed by atoms with Gasteiger partial charge in [0.2, 0.25) is 0 Å². The molecule has 0 bridgehead atoms. The number of aliphatic carboxylic acids is 1. The number of carboxylic acid groups (broad SMARTS) is 1. The summed E-state index contributed by atoms with van der Waals surface area (Å²) in [5, 5.41) is 11.8. The Bertz CT molecular complexity index is 433. The van der Waals surface area contributed by atoms with Crippen LogP contribution in [0.2, 0.25) is 0 Å². The van der Waals surface area contributed by atoms with Gasteiger partial charge in [-0.2, -0.15) is 0 Å². The van der Waals surface area contributed by atoms with Gasteiger partial charge in [0.05, 0.1) is 0 Å². The number of hydrogen-bond acceptors (Lipinski definition) is 2. The fourth-order valence-corrected chi connectivity index (χ4v) is 2.04.